The molecule has 0 aliphatic carbocycles. The molecule has 1 aromatic heterocycles. The second-order valence-electron chi connectivity index (χ2n) is 4.50. The van der Waals surface area contributed by atoms with Gasteiger partial charge in [0.2, 0.25) is 0 Å². The number of aromatic hydroxyl groups is 1. The molecular weight excluding hydrogens is 226 g/mol. The molecule has 0 unspecified atom stereocenters. The molecule has 1 aromatic carbocycles. The number of nitrogens with one attached hydrogen (secondary N) is 1. The third kappa shape index (κ3) is 3.28. The Kier molecular flexibility index (Phi) is 3.89. The minimum absolute atomic E-state index is 0.224. The third-order valence-electron chi connectivity index (χ3n) is 2.52. The predicted octanol–water partition coefficient (Wildman–Crippen LogP) is 2.35. The van der Waals surface area contributed by atoms with Crippen LogP contribution in [0.1, 0.15) is 19.4 Å². The summed E-state index contributed by atoms with van der Waals surface area (Å²) in [7, 11) is 0. The Morgan fingerprint density at radius 3 is 2.56 bits per heavy atom. The van der Waals surface area contributed by atoms with E-state index in [4.69, 9.17) is 0 Å². The molecule has 1 heterocycles. The standard InChI is InChI=1S/C14H17N3O/c1-10(2)15-7-11-8-16-14(17-9-11)12-4-3-5-13(18)6-12/h3-6,8-10,15,18H,7H2,1-2H3. The van der Waals surface area contributed by atoms with Crippen LogP contribution in [0.4, 0.5) is 0 Å². The average Bonchev–Trinajstić information content (AvgIpc) is 2.37. The number of hydrogen-bond donors (Lipinski definition) is 2. The number of aromatic nitrogens is 2. The van der Waals surface area contributed by atoms with Gasteiger partial charge in [0.25, 0.3) is 0 Å². The Morgan fingerprint density at radius 1 is 1.22 bits per heavy atom. The molecule has 2 aromatic rings. The van der Waals surface area contributed by atoms with E-state index in [0.29, 0.717) is 11.9 Å². The molecule has 0 bridgehead atoms. The molecule has 0 aliphatic heterocycles. The first-order chi connectivity index (χ1) is 8.65. The van der Waals surface area contributed by atoms with E-state index in [0.717, 1.165) is 17.7 Å². The summed E-state index contributed by atoms with van der Waals surface area (Å²) in [6.45, 7) is 4.96. The van der Waals surface area contributed by atoms with Crippen LogP contribution in [0.3, 0.4) is 0 Å². The second kappa shape index (κ2) is 5.60. The van der Waals surface area contributed by atoms with Crippen LogP contribution >= 0.6 is 0 Å². The fourth-order valence-electron chi connectivity index (χ4n) is 1.56. The SMILES string of the molecule is CC(C)NCc1cnc(-c2cccc(O)c2)nc1. The lowest BCUT2D eigenvalue weighted by Gasteiger charge is -2.07. The number of rotatable bonds is 4. The quantitative estimate of drug-likeness (QED) is 0.865. The van der Waals surface area contributed by atoms with Gasteiger partial charge in [0.15, 0.2) is 5.82 Å². The molecule has 18 heavy (non-hydrogen) atoms. The lowest BCUT2D eigenvalue weighted by molar-refractivity contribution is 0.475. The van der Waals surface area contributed by atoms with Crippen molar-refractivity contribution in [1.29, 1.82) is 0 Å². The highest BCUT2D eigenvalue weighted by molar-refractivity contribution is 5.56. The van der Waals surface area contributed by atoms with E-state index in [9.17, 15) is 5.11 Å². The molecule has 0 saturated carbocycles. The van der Waals surface area contributed by atoms with Crippen molar-refractivity contribution in [2.24, 2.45) is 0 Å². The Labute approximate surface area is 107 Å². The molecule has 0 fully saturated rings. The largest absolute Gasteiger partial charge is 0.508 e. The van der Waals surface area contributed by atoms with Crippen LogP contribution in [-0.4, -0.2) is 21.1 Å². The smallest absolute Gasteiger partial charge is 0.159 e. The fourth-order valence-corrected chi connectivity index (χ4v) is 1.56. The van der Waals surface area contributed by atoms with E-state index >= 15 is 0 Å². The number of phenols is 1. The molecule has 2 rings (SSSR count). The normalized spacial score (nSPS) is 10.8. The van der Waals surface area contributed by atoms with Gasteiger partial charge in [0, 0.05) is 36.1 Å². The highest BCUT2D eigenvalue weighted by atomic mass is 16.3. The van der Waals surface area contributed by atoms with Gasteiger partial charge in [-0.3, -0.25) is 0 Å². The Balaban J connectivity index is 2.12. The minimum Gasteiger partial charge on any atom is -0.508 e. The maximum Gasteiger partial charge on any atom is 0.159 e. The predicted molar refractivity (Wildman–Crippen MR) is 71.1 cm³/mol. The highest BCUT2D eigenvalue weighted by Crippen LogP contribution is 2.19. The number of nitrogens with zero attached hydrogens (tertiary/aromatic N) is 2. The van der Waals surface area contributed by atoms with Gasteiger partial charge in [0.05, 0.1) is 0 Å². The zero-order chi connectivity index (χ0) is 13.0. The third-order valence-corrected chi connectivity index (χ3v) is 2.52. The summed E-state index contributed by atoms with van der Waals surface area (Å²) in [5.41, 5.74) is 1.87. The van der Waals surface area contributed by atoms with Gasteiger partial charge in [-0.05, 0) is 12.1 Å². The van der Waals surface area contributed by atoms with E-state index in [1.165, 1.54) is 0 Å². The Morgan fingerprint density at radius 2 is 1.94 bits per heavy atom. The van der Waals surface area contributed by atoms with Crippen molar-refractivity contribution in [3.63, 3.8) is 0 Å². The van der Waals surface area contributed by atoms with Crippen molar-refractivity contribution in [2.75, 3.05) is 0 Å². The van der Waals surface area contributed by atoms with Crippen molar-refractivity contribution >= 4 is 0 Å². The van der Waals surface area contributed by atoms with Gasteiger partial charge in [-0.2, -0.15) is 0 Å². The summed E-state index contributed by atoms with van der Waals surface area (Å²) >= 11 is 0. The van der Waals surface area contributed by atoms with E-state index in [1.54, 1.807) is 18.2 Å². The minimum atomic E-state index is 0.224. The zero-order valence-electron chi connectivity index (χ0n) is 10.6. The first kappa shape index (κ1) is 12.5. The van der Waals surface area contributed by atoms with Gasteiger partial charge in [-0.15, -0.1) is 0 Å². The van der Waals surface area contributed by atoms with E-state index in [-0.39, 0.29) is 5.75 Å². The number of phenolic OH excluding ortho intramolecular Hbond substituents is 1. The summed E-state index contributed by atoms with van der Waals surface area (Å²) in [5.74, 6) is 0.848. The van der Waals surface area contributed by atoms with Gasteiger partial charge in [-0.25, -0.2) is 9.97 Å². The molecule has 0 spiro atoms. The molecule has 4 nitrogen and oxygen atoms in total. The van der Waals surface area contributed by atoms with Crippen molar-refractivity contribution in [2.45, 2.75) is 26.4 Å². The first-order valence-electron chi connectivity index (χ1n) is 5.99. The summed E-state index contributed by atoms with van der Waals surface area (Å²) in [6.07, 6.45) is 3.61. The molecular formula is C14H17N3O. The summed E-state index contributed by atoms with van der Waals surface area (Å²) < 4.78 is 0. The van der Waals surface area contributed by atoms with Gasteiger partial charge in [-0.1, -0.05) is 26.0 Å². The molecule has 2 N–H and O–H groups in total. The first-order valence-corrected chi connectivity index (χ1v) is 5.99. The molecule has 0 aliphatic rings. The van der Waals surface area contributed by atoms with Crippen LogP contribution in [0, 0.1) is 0 Å². The van der Waals surface area contributed by atoms with Crippen molar-refractivity contribution < 1.29 is 5.11 Å². The molecule has 0 radical (unpaired) electrons. The van der Waals surface area contributed by atoms with Crippen LogP contribution in [0.2, 0.25) is 0 Å². The summed E-state index contributed by atoms with van der Waals surface area (Å²) in [5, 5.41) is 12.7. The van der Waals surface area contributed by atoms with E-state index in [1.807, 2.05) is 18.5 Å². The van der Waals surface area contributed by atoms with Crippen molar-refractivity contribution in [3.8, 4) is 17.1 Å². The molecule has 4 heteroatoms. The van der Waals surface area contributed by atoms with Gasteiger partial charge in [0.1, 0.15) is 5.75 Å². The van der Waals surface area contributed by atoms with Crippen molar-refractivity contribution in [3.05, 3.63) is 42.2 Å². The summed E-state index contributed by atoms with van der Waals surface area (Å²) in [4.78, 5) is 8.61. The molecule has 0 amide bonds. The van der Waals surface area contributed by atoms with Gasteiger partial charge >= 0.3 is 0 Å². The monoisotopic (exact) mass is 243 g/mol. The van der Waals surface area contributed by atoms with Crippen LogP contribution in [0.5, 0.6) is 5.75 Å². The van der Waals surface area contributed by atoms with Crippen LogP contribution in [0.25, 0.3) is 11.4 Å². The second-order valence-corrected chi connectivity index (χ2v) is 4.50. The van der Waals surface area contributed by atoms with Gasteiger partial charge < -0.3 is 10.4 Å². The average molecular weight is 243 g/mol. The summed E-state index contributed by atoms with van der Waals surface area (Å²) in [6, 6.07) is 7.38. The van der Waals surface area contributed by atoms with Crippen LogP contribution in [0.15, 0.2) is 36.7 Å². The number of benzene rings is 1. The molecule has 0 atom stereocenters. The lowest BCUT2D eigenvalue weighted by atomic mass is 10.2. The van der Waals surface area contributed by atoms with Crippen LogP contribution in [-0.2, 0) is 6.54 Å². The molecule has 94 valence electrons. The van der Waals surface area contributed by atoms with E-state index in [2.05, 4.69) is 29.1 Å². The zero-order valence-corrected chi connectivity index (χ0v) is 10.6. The topological polar surface area (TPSA) is 58.0 Å². The Hall–Kier alpha value is -1.94. The maximum absolute atomic E-state index is 9.41. The van der Waals surface area contributed by atoms with Crippen LogP contribution < -0.4 is 5.32 Å². The maximum atomic E-state index is 9.41. The number of hydrogen-bond acceptors (Lipinski definition) is 4. The highest BCUT2D eigenvalue weighted by Gasteiger charge is 2.02. The van der Waals surface area contributed by atoms with Crippen molar-refractivity contribution in [1.82, 2.24) is 15.3 Å². The Bertz CT molecular complexity index is 509. The fraction of sp³-hybridized carbons (Fsp3) is 0.286. The van der Waals surface area contributed by atoms with E-state index < -0.39 is 0 Å². The lowest BCUT2D eigenvalue weighted by Crippen LogP contribution is -2.21. The molecule has 0 saturated heterocycles.